The van der Waals surface area contributed by atoms with Gasteiger partial charge in [0.15, 0.2) is 5.76 Å². The van der Waals surface area contributed by atoms with Gasteiger partial charge in [-0.15, -0.1) is 0 Å². The Balaban J connectivity index is 0.00000117. The molecular weight excluding hydrogens is 324 g/mol. The summed E-state index contributed by atoms with van der Waals surface area (Å²) in [4.78, 5) is 12.9. The van der Waals surface area contributed by atoms with E-state index in [1.54, 1.807) is 7.11 Å². The summed E-state index contributed by atoms with van der Waals surface area (Å²) in [6, 6.07) is 13.7. The normalized spacial score (nSPS) is 11.0. The maximum atomic E-state index is 12.9. The van der Waals surface area contributed by atoms with E-state index in [0.717, 1.165) is 33.4 Å². The number of hydrogen-bond acceptors (Lipinski definition) is 3. The molecule has 0 saturated carbocycles. The molecule has 1 heterocycles. The van der Waals surface area contributed by atoms with E-state index in [1.165, 1.54) is 0 Å². The van der Waals surface area contributed by atoms with Crippen LogP contribution in [0.15, 0.2) is 46.9 Å². The number of hydrogen-bond donors (Lipinski definition) is 0. The molecule has 0 radical (unpaired) electrons. The maximum Gasteiger partial charge on any atom is 0.203 e. The predicted molar refractivity (Wildman–Crippen MR) is 108 cm³/mol. The van der Waals surface area contributed by atoms with E-state index in [2.05, 4.69) is 6.07 Å². The topological polar surface area (TPSA) is 39.4 Å². The Kier molecular flexibility index (Phi) is 5.91. The number of benzene rings is 2. The average Bonchev–Trinajstić information content (AvgIpc) is 3.00. The molecule has 138 valence electrons. The van der Waals surface area contributed by atoms with E-state index in [4.69, 9.17) is 9.15 Å². The Labute approximate surface area is 156 Å². The van der Waals surface area contributed by atoms with Crippen LogP contribution in [0.2, 0.25) is 0 Å². The van der Waals surface area contributed by atoms with E-state index in [1.807, 2.05) is 77.9 Å². The fourth-order valence-corrected chi connectivity index (χ4v) is 2.76. The van der Waals surface area contributed by atoms with E-state index in [0.29, 0.717) is 5.76 Å². The Morgan fingerprint density at radius 3 is 2.15 bits per heavy atom. The van der Waals surface area contributed by atoms with E-state index in [-0.39, 0.29) is 5.78 Å². The van der Waals surface area contributed by atoms with Gasteiger partial charge in [-0.1, -0.05) is 58.4 Å². The van der Waals surface area contributed by atoms with Crippen LogP contribution in [-0.2, 0) is 0 Å². The smallest absolute Gasteiger partial charge is 0.203 e. The first kappa shape index (κ1) is 19.8. The molecule has 2 aromatic carbocycles. The zero-order valence-electron chi connectivity index (χ0n) is 16.8. The minimum atomic E-state index is -0.510. The summed E-state index contributed by atoms with van der Waals surface area (Å²) in [7, 11) is 1.64. The number of aryl methyl sites for hydroxylation is 1. The number of Topliss-reactive ketones (excluding diaryl/α,β-unsaturated/α-hetero) is 1. The van der Waals surface area contributed by atoms with Crippen molar-refractivity contribution in [2.45, 2.75) is 41.5 Å². The van der Waals surface area contributed by atoms with Crippen LogP contribution in [0.1, 0.15) is 50.7 Å². The van der Waals surface area contributed by atoms with Crippen molar-refractivity contribution < 1.29 is 13.9 Å². The van der Waals surface area contributed by atoms with Crippen LogP contribution >= 0.6 is 0 Å². The minimum absolute atomic E-state index is 0.00201. The van der Waals surface area contributed by atoms with Crippen molar-refractivity contribution in [3.05, 3.63) is 53.8 Å². The predicted octanol–water partition coefficient (Wildman–Crippen LogP) is 6.67. The van der Waals surface area contributed by atoms with Gasteiger partial charge >= 0.3 is 0 Å². The highest BCUT2D eigenvalue weighted by Crippen LogP contribution is 2.38. The summed E-state index contributed by atoms with van der Waals surface area (Å²) in [5.74, 6) is 1.21. The molecule has 0 aliphatic heterocycles. The lowest BCUT2D eigenvalue weighted by Gasteiger charge is -2.15. The highest BCUT2D eigenvalue weighted by molar-refractivity contribution is 6.10. The van der Waals surface area contributed by atoms with Crippen molar-refractivity contribution in [1.82, 2.24) is 0 Å². The van der Waals surface area contributed by atoms with E-state index >= 15 is 0 Å². The fourth-order valence-electron chi connectivity index (χ4n) is 2.76. The largest absolute Gasteiger partial charge is 0.497 e. The number of fused-ring (bicyclic) bond motifs is 1. The number of methoxy groups -OCH3 is 1. The molecule has 0 aliphatic rings. The SMILES string of the molecule is CC.COc1ccc(-c2c(C(=O)C(C)(C)C)oc3ccc(C)cc23)cc1. The van der Waals surface area contributed by atoms with Crippen molar-refractivity contribution >= 4 is 16.8 Å². The molecule has 3 aromatic rings. The van der Waals surface area contributed by atoms with Crippen LogP contribution in [0.3, 0.4) is 0 Å². The number of carbonyl (C=O) groups is 1. The third-order valence-corrected chi connectivity index (χ3v) is 4.11. The molecule has 0 N–H and O–H groups in total. The van der Waals surface area contributed by atoms with Crippen molar-refractivity contribution in [3.8, 4) is 16.9 Å². The molecule has 0 bridgehead atoms. The van der Waals surface area contributed by atoms with Gasteiger partial charge in [0.05, 0.1) is 7.11 Å². The Morgan fingerprint density at radius 1 is 1.00 bits per heavy atom. The quantitative estimate of drug-likeness (QED) is 0.494. The van der Waals surface area contributed by atoms with Gasteiger partial charge in [-0.3, -0.25) is 4.79 Å². The van der Waals surface area contributed by atoms with Crippen molar-refractivity contribution in [2.75, 3.05) is 7.11 Å². The summed E-state index contributed by atoms with van der Waals surface area (Å²) in [5, 5.41) is 0.966. The number of rotatable bonds is 3. The van der Waals surface area contributed by atoms with E-state index in [9.17, 15) is 4.79 Å². The molecule has 0 aliphatic carbocycles. The van der Waals surface area contributed by atoms with Crippen LogP contribution in [0.4, 0.5) is 0 Å². The second kappa shape index (κ2) is 7.77. The van der Waals surface area contributed by atoms with Gasteiger partial charge in [-0.25, -0.2) is 0 Å². The lowest BCUT2D eigenvalue weighted by Crippen LogP contribution is -2.20. The van der Waals surface area contributed by atoms with Gasteiger partial charge in [0.1, 0.15) is 11.3 Å². The number of carbonyl (C=O) groups excluding carboxylic acids is 1. The van der Waals surface area contributed by atoms with Crippen molar-refractivity contribution in [2.24, 2.45) is 5.41 Å². The molecule has 26 heavy (non-hydrogen) atoms. The van der Waals surface area contributed by atoms with Gasteiger partial charge in [0, 0.05) is 16.4 Å². The van der Waals surface area contributed by atoms with Crippen LogP contribution in [-0.4, -0.2) is 12.9 Å². The molecule has 3 heteroatoms. The van der Waals surface area contributed by atoms with Crippen LogP contribution in [0.25, 0.3) is 22.1 Å². The number of ketones is 1. The first-order valence-corrected chi connectivity index (χ1v) is 9.03. The van der Waals surface area contributed by atoms with Crippen molar-refractivity contribution in [1.29, 1.82) is 0 Å². The summed E-state index contributed by atoms with van der Waals surface area (Å²) in [6.45, 7) is 11.8. The van der Waals surface area contributed by atoms with Gasteiger partial charge in [-0.2, -0.15) is 0 Å². The molecule has 0 fully saturated rings. The molecule has 0 amide bonds. The van der Waals surface area contributed by atoms with Gasteiger partial charge in [-0.05, 0) is 36.8 Å². The molecule has 3 nitrogen and oxygen atoms in total. The third kappa shape index (κ3) is 3.82. The monoisotopic (exact) mass is 352 g/mol. The Hall–Kier alpha value is -2.55. The van der Waals surface area contributed by atoms with Crippen LogP contribution in [0.5, 0.6) is 5.75 Å². The van der Waals surface area contributed by atoms with Gasteiger partial charge in [0.2, 0.25) is 5.78 Å². The molecular formula is C23H28O3. The molecule has 0 atom stereocenters. The Bertz CT molecular complexity index is 894. The van der Waals surface area contributed by atoms with Gasteiger partial charge < -0.3 is 9.15 Å². The standard InChI is InChI=1S/C21H22O3.C2H6/c1-13-6-11-17-16(12-13)18(14-7-9-15(23-5)10-8-14)19(24-17)20(22)21(2,3)4;1-2/h6-12H,1-5H3;1-2H3. The summed E-state index contributed by atoms with van der Waals surface area (Å²) < 4.78 is 11.2. The molecule has 3 rings (SSSR count). The summed E-state index contributed by atoms with van der Waals surface area (Å²) >= 11 is 0. The minimum Gasteiger partial charge on any atom is -0.497 e. The zero-order valence-corrected chi connectivity index (χ0v) is 16.8. The maximum absolute atomic E-state index is 12.9. The first-order valence-electron chi connectivity index (χ1n) is 9.03. The first-order chi connectivity index (χ1) is 12.3. The molecule has 0 spiro atoms. The van der Waals surface area contributed by atoms with E-state index < -0.39 is 5.41 Å². The summed E-state index contributed by atoms with van der Waals surface area (Å²) in [5.41, 5.74) is 3.17. The number of furan rings is 1. The Morgan fingerprint density at radius 2 is 1.62 bits per heavy atom. The van der Waals surface area contributed by atoms with Crippen LogP contribution in [0, 0.1) is 12.3 Å². The second-order valence-corrected chi connectivity index (χ2v) is 7.11. The van der Waals surface area contributed by atoms with Gasteiger partial charge in [0.25, 0.3) is 0 Å². The third-order valence-electron chi connectivity index (χ3n) is 4.11. The lowest BCUT2D eigenvalue weighted by atomic mass is 9.86. The second-order valence-electron chi connectivity index (χ2n) is 7.11. The summed E-state index contributed by atoms with van der Waals surface area (Å²) in [6.07, 6.45) is 0. The lowest BCUT2D eigenvalue weighted by molar-refractivity contribution is 0.0832. The fraction of sp³-hybridized carbons (Fsp3) is 0.348. The van der Waals surface area contributed by atoms with Crippen LogP contribution < -0.4 is 4.74 Å². The van der Waals surface area contributed by atoms with Crippen molar-refractivity contribution in [3.63, 3.8) is 0 Å². The molecule has 0 saturated heterocycles. The highest BCUT2D eigenvalue weighted by atomic mass is 16.5. The zero-order chi connectivity index (χ0) is 19.5. The molecule has 0 unspecified atom stereocenters. The number of ether oxygens (including phenoxy) is 1. The molecule has 1 aromatic heterocycles. The average molecular weight is 352 g/mol. The highest BCUT2D eigenvalue weighted by Gasteiger charge is 2.30.